The number of amides is 1. The monoisotopic (exact) mass is 461 g/mol. The number of aromatic nitrogens is 1. The number of hydrogen-bond donors (Lipinski definition) is 3. The molecular formula is C24H19N3O7. The van der Waals surface area contributed by atoms with E-state index in [1.165, 1.54) is 0 Å². The average molecular weight is 461 g/mol. The third-order valence-electron chi connectivity index (χ3n) is 5.65. The van der Waals surface area contributed by atoms with Crippen LogP contribution in [-0.4, -0.2) is 22.3 Å². The van der Waals surface area contributed by atoms with Gasteiger partial charge in [-0.05, 0) is 43.2 Å². The molecule has 0 radical (unpaired) electrons. The van der Waals surface area contributed by atoms with E-state index in [-0.39, 0.29) is 28.8 Å². The standard InChI is InChI=1S/C24H19N3O7/c1-13(14-5-3-2-4-6-14)31-23(30)26-19-17(27-34-20(19)25)8-7-16-11-15-12-18(33-21(15)32-16)24(9-10-24)22(28)29/h2-6,11-13H,9-10,25H2,1H3,(H,26,30)(H,28,29). The van der Waals surface area contributed by atoms with E-state index < -0.39 is 23.6 Å². The first kappa shape index (κ1) is 21.2. The number of aliphatic carboxylic acids is 1. The highest BCUT2D eigenvalue weighted by atomic mass is 16.6. The first-order valence-corrected chi connectivity index (χ1v) is 10.4. The zero-order chi connectivity index (χ0) is 23.9. The molecule has 5 rings (SSSR count). The average Bonchev–Trinajstić information content (AvgIpc) is 3.26. The Bertz CT molecular complexity index is 1420. The van der Waals surface area contributed by atoms with E-state index in [4.69, 9.17) is 23.8 Å². The van der Waals surface area contributed by atoms with Gasteiger partial charge in [-0.25, -0.2) is 4.79 Å². The van der Waals surface area contributed by atoms with E-state index >= 15 is 0 Å². The minimum absolute atomic E-state index is 0.0763. The van der Waals surface area contributed by atoms with Gasteiger partial charge in [-0.1, -0.05) is 35.5 Å². The molecule has 4 N–H and O–H groups in total. The lowest BCUT2D eigenvalue weighted by Gasteiger charge is -2.13. The van der Waals surface area contributed by atoms with Gasteiger partial charge in [0, 0.05) is 6.07 Å². The Hall–Kier alpha value is -4.65. The van der Waals surface area contributed by atoms with Crippen LogP contribution >= 0.6 is 0 Å². The number of fused-ring (bicyclic) bond motifs is 1. The van der Waals surface area contributed by atoms with Crippen molar-refractivity contribution in [3.05, 3.63) is 65.2 Å². The van der Waals surface area contributed by atoms with Gasteiger partial charge in [0.2, 0.25) is 5.88 Å². The Balaban J connectivity index is 1.30. The van der Waals surface area contributed by atoms with Crippen molar-refractivity contribution in [2.75, 3.05) is 11.1 Å². The number of nitrogens with zero attached hydrogens (tertiary/aromatic N) is 1. The van der Waals surface area contributed by atoms with Crippen molar-refractivity contribution in [3.8, 4) is 11.8 Å². The number of carbonyl (C=O) groups is 2. The minimum atomic E-state index is -0.960. The largest absolute Gasteiger partial charge is 0.480 e. The Morgan fingerprint density at radius 3 is 2.65 bits per heavy atom. The van der Waals surface area contributed by atoms with Gasteiger partial charge in [0.05, 0.1) is 5.39 Å². The number of nitrogens with two attached hydrogens (primary N) is 1. The minimum Gasteiger partial charge on any atom is -0.480 e. The van der Waals surface area contributed by atoms with Crippen molar-refractivity contribution in [1.29, 1.82) is 0 Å². The van der Waals surface area contributed by atoms with Crippen LogP contribution in [0, 0.1) is 11.8 Å². The van der Waals surface area contributed by atoms with Gasteiger partial charge in [0.25, 0.3) is 5.78 Å². The SMILES string of the molecule is CC(OC(=O)Nc1c(C#Cc2cc3cc(C4(C(=O)O)CC4)oc3o2)noc1N)c1ccccc1. The molecule has 1 aliphatic carbocycles. The molecule has 4 aromatic rings. The molecule has 1 fully saturated rings. The highest BCUT2D eigenvalue weighted by Gasteiger charge is 2.54. The number of nitrogens with one attached hydrogen (secondary N) is 1. The fourth-order valence-electron chi connectivity index (χ4n) is 3.54. The summed E-state index contributed by atoms with van der Waals surface area (Å²) in [6, 6.07) is 12.5. The number of carboxylic acids is 1. The van der Waals surface area contributed by atoms with Crippen LogP contribution in [-0.2, 0) is 14.9 Å². The van der Waals surface area contributed by atoms with E-state index in [0.717, 1.165) is 5.56 Å². The first-order valence-electron chi connectivity index (χ1n) is 10.4. The van der Waals surface area contributed by atoms with Gasteiger partial charge < -0.3 is 28.9 Å². The van der Waals surface area contributed by atoms with E-state index in [2.05, 4.69) is 22.3 Å². The quantitative estimate of drug-likeness (QED) is 0.366. The van der Waals surface area contributed by atoms with E-state index in [0.29, 0.717) is 24.0 Å². The van der Waals surface area contributed by atoms with Gasteiger partial charge in [-0.3, -0.25) is 10.1 Å². The van der Waals surface area contributed by atoms with Crippen LogP contribution in [0.1, 0.15) is 48.6 Å². The van der Waals surface area contributed by atoms with Crippen LogP contribution in [0.15, 0.2) is 55.8 Å². The third-order valence-corrected chi connectivity index (χ3v) is 5.65. The fraction of sp³-hybridized carbons (Fsp3) is 0.208. The summed E-state index contributed by atoms with van der Waals surface area (Å²) in [6.45, 7) is 1.74. The lowest BCUT2D eigenvalue weighted by atomic mass is 10.0. The molecular weight excluding hydrogens is 442 g/mol. The molecule has 0 bridgehead atoms. The number of benzene rings is 1. The number of hydrogen-bond acceptors (Lipinski definition) is 8. The maximum absolute atomic E-state index is 12.3. The predicted octanol–water partition coefficient (Wildman–Crippen LogP) is 4.42. The van der Waals surface area contributed by atoms with E-state index in [9.17, 15) is 14.7 Å². The number of nitrogen functional groups attached to an aromatic ring is 1. The molecule has 3 aromatic heterocycles. The van der Waals surface area contributed by atoms with Gasteiger partial charge >= 0.3 is 12.1 Å². The van der Waals surface area contributed by atoms with Crippen LogP contribution in [0.4, 0.5) is 16.4 Å². The Morgan fingerprint density at radius 1 is 1.21 bits per heavy atom. The Kier molecular flexibility index (Phi) is 5.02. The summed E-state index contributed by atoms with van der Waals surface area (Å²) in [5, 5.41) is 16.3. The molecule has 0 aliphatic heterocycles. The summed E-state index contributed by atoms with van der Waals surface area (Å²) in [7, 11) is 0. The van der Waals surface area contributed by atoms with Gasteiger partial charge in [-0.15, -0.1) is 0 Å². The predicted molar refractivity (Wildman–Crippen MR) is 119 cm³/mol. The normalized spacial score (nSPS) is 14.7. The van der Waals surface area contributed by atoms with Crippen LogP contribution < -0.4 is 11.1 Å². The molecule has 1 aromatic carbocycles. The number of carboxylic acid groups (broad SMARTS) is 1. The molecule has 1 amide bonds. The number of anilines is 2. The topological polar surface area (TPSA) is 154 Å². The highest BCUT2D eigenvalue weighted by Crippen LogP contribution is 2.50. The zero-order valence-electron chi connectivity index (χ0n) is 18.0. The highest BCUT2D eigenvalue weighted by molar-refractivity contribution is 5.90. The second-order valence-corrected chi connectivity index (χ2v) is 7.96. The number of ether oxygens (including phenoxy) is 1. The third kappa shape index (κ3) is 3.84. The Labute approximate surface area is 192 Å². The van der Waals surface area contributed by atoms with Crippen LogP contribution in [0.25, 0.3) is 11.2 Å². The van der Waals surface area contributed by atoms with Gasteiger partial charge in [0.15, 0.2) is 11.5 Å². The van der Waals surface area contributed by atoms with Crippen molar-refractivity contribution in [2.45, 2.75) is 31.3 Å². The molecule has 34 heavy (non-hydrogen) atoms. The molecule has 10 nitrogen and oxygen atoms in total. The smallest absolute Gasteiger partial charge is 0.412 e. The van der Waals surface area contributed by atoms with Crippen LogP contribution in [0.3, 0.4) is 0 Å². The zero-order valence-corrected chi connectivity index (χ0v) is 18.0. The fourth-order valence-corrected chi connectivity index (χ4v) is 3.54. The first-order chi connectivity index (χ1) is 16.4. The van der Waals surface area contributed by atoms with Gasteiger partial charge in [-0.2, -0.15) is 0 Å². The summed E-state index contributed by atoms with van der Waals surface area (Å²) in [5.74, 6) is 5.26. The van der Waals surface area contributed by atoms with Crippen molar-refractivity contribution >= 4 is 34.8 Å². The summed E-state index contributed by atoms with van der Waals surface area (Å²) >= 11 is 0. The molecule has 10 heteroatoms. The van der Waals surface area contributed by atoms with Gasteiger partial charge in [0.1, 0.15) is 23.0 Å². The summed E-state index contributed by atoms with van der Waals surface area (Å²) in [4.78, 5) is 23.8. The molecule has 1 unspecified atom stereocenters. The summed E-state index contributed by atoms with van der Waals surface area (Å²) in [6.07, 6.45) is -0.178. The lowest BCUT2D eigenvalue weighted by Crippen LogP contribution is -2.18. The molecule has 1 aliphatic rings. The number of carbonyl (C=O) groups excluding carboxylic acids is 1. The van der Waals surface area contributed by atoms with E-state index in [1.807, 2.05) is 30.3 Å². The van der Waals surface area contributed by atoms with Crippen molar-refractivity contribution in [1.82, 2.24) is 5.16 Å². The summed E-state index contributed by atoms with van der Waals surface area (Å²) < 4.78 is 21.5. The van der Waals surface area contributed by atoms with Crippen molar-refractivity contribution in [3.63, 3.8) is 0 Å². The van der Waals surface area contributed by atoms with Crippen molar-refractivity contribution in [2.24, 2.45) is 0 Å². The molecule has 1 saturated carbocycles. The molecule has 0 spiro atoms. The maximum atomic E-state index is 12.3. The van der Waals surface area contributed by atoms with E-state index in [1.54, 1.807) is 19.1 Å². The van der Waals surface area contributed by atoms with Crippen LogP contribution in [0.2, 0.25) is 0 Å². The van der Waals surface area contributed by atoms with Crippen LogP contribution in [0.5, 0.6) is 0 Å². The molecule has 172 valence electrons. The maximum Gasteiger partial charge on any atom is 0.412 e. The second-order valence-electron chi connectivity index (χ2n) is 7.96. The molecule has 3 heterocycles. The number of furan rings is 2. The number of rotatable bonds is 5. The summed E-state index contributed by atoms with van der Waals surface area (Å²) in [5.41, 5.74) is 5.81. The van der Waals surface area contributed by atoms with Crippen molar-refractivity contribution < 1.29 is 32.8 Å². The molecule has 1 atom stereocenters. The lowest BCUT2D eigenvalue weighted by molar-refractivity contribution is -0.140. The second kappa shape index (κ2) is 8.04. The Morgan fingerprint density at radius 2 is 1.97 bits per heavy atom. The molecule has 0 saturated heterocycles.